The standard InChI is InChI=1S/C24H36/c1-5-8-9-10-17-24(7-3)18-16-23(24)15-13-21(11-6-2)12-14-22-19-20(22)4/h5-7,14-15,20-21H,1-3,8-13,16-19H2,4H3. The van der Waals surface area contributed by atoms with E-state index < -0.39 is 0 Å². The molecule has 0 spiro atoms. The number of hydrogen-bond acceptors (Lipinski definition) is 0. The Bertz CT molecular complexity index is 504. The third kappa shape index (κ3) is 5.10. The molecule has 2 fully saturated rings. The molecule has 0 aliphatic heterocycles. The van der Waals surface area contributed by atoms with E-state index in [4.69, 9.17) is 0 Å². The van der Waals surface area contributed by atoms with Gasteiger partial charge in [0.25, 0.3) is 0 Å². The molecule has 2 aliphatic carbocycles. The molecular weight excluding hydrogens is 288 g/mol. The summed E-state index contributed by atoms with van der Waals surface area (Å²) in [5.41, 5.74) is 3.63. The van der Waals surface area contributed by atoms with Crippen molar-refractivity contribution in [3.8, 4) is 0 Å². The Morgan fingerprint density at radius 1 is 1.08 bits per heavy atom. The van der Waals surface area contributed by atoms with E-state index >= 15 is 0 Å². The highest BCUT2D eigenvalue weighted by Crippen LogP contribution is 2.51. The highest BCUT2D eigenvalue weighted by molar-refractivity contribution is 5.29. The van der Waals surface area contributed by atoms with Gasteiger partial charge in [-0.15, -0.1) is 19.7 Å². The summed E-state index contributed by atoms with van der Waals surface area (Å²) >= 11 is 0. The summed E-state index contributed by atoms with van der Waals surface area (Å²) in [6.07, 6.45) is 23.8. The maximum atomic E-state index is 4.16. The monoisotopic (exact) mass is 324 g/mol. The molecule has 0 heterocycles. The number of rotatable bonds is 12. The van der Waals surface area contributed by atoms with Gasteiger partial charge in [0.15, 0.2) is 0 Å². The summed E-state index contributed by atoms with van der Waals surface area (Å²) in [6.45, 7) is 14.3. The van der Waals surface area contributed by atoms with Gasteiger partial charge in [-0.25, -0.2) is 0 Å². The Balaban J connectivity index is 1.88. The van der Waals surface area contributed by atoms with Crippen molar-refractivity contribution < 1.29 is 0 Å². The van der Waals surface area contributed by atoms with E-state index in [2.05, 4.69) is 51.0 Å². The molecule has 0 bridgehead atoms. The predicted molar refractivity (Wildman–Crippen MR) is 108 cm³/mol. The van der Waals surface area contributed by atoms with Crippen molar-refractivity contribution in [1.82, 2.24) is 0 Å². The van der Waals surface area contributed by atoms with Crippen molar-refractivity contribution in [1.29, 1.82) is 0 Å². The quantitative estimate of drug-likeness (QED) is 0.256. The van der Waals surface area contributed by atoms with Gasteiger partial charge in [0.2, 0.25) is 0 Å². The second-order valence-corrected chi connectivity index (χ2v) is 7.87. The Morgan fingerprint density at radius 2 is 1.83 bits per heavy atom. The zero-order valence-electron chi connectivity index (χ0n) is 15.7. The highest BCUT2D eigenvalue weighted by atomic mass is 14.4. The molecule has 3 atom stereocenters. The molecule has 0 aromatic carbocycles. The highest BCUT2D eigenvalue weighted by Gasteiger charge is 2.38. The molecule has 0 heteroatoms. The first-order valence-electron chi connectivity index (χ1n) is 9.89. The fraction of sp³-hybridized carbons (Fsp3) is 0.583. The first-order chi connectivity index (χ1) is 11.6. The number of allylic oxidation sites excluding steroid dienone is 7. The fourth-order valence-corrected chi connectivity index (χ4v) is 3.98. The van der Waals surface area contributed by atoms with E-state index in [-0.39, 0.29) is 0 Å². The van der Waals surface area contributed by atoms with Crippen LogP contribution in [0, 0.1) is 17.3 Å². The zero-order valence-corrected chi connectivity index (χ0v) is 15.7. The van der Waals surface area contributed by atoms with Gasteiger partial charge in [-0.05, 0) is 69.6 Å². The van der Waals surface area contributed by atoms with Crippen molar-refractivity contribution in [2.45, 2.75) is 71.1 Å². The van der Waals surface area contributed by atoms with Gasteiger partial charge >= 0.3 is 0 Å². The fourth-order valence-electron chi connectivity index (χ4n) is 3.98. The molecule has 132 valence electrons. The molecule has 0 N–H and O–H groups in total. The van der Waals surface area contributed by atoms with Gasteiger partial charge in [0.1, 0.15) is 0 Å². The van der Waals surface area contributed by atoms with E-state index in [1.807, 2.05) is 6.08 Å². The minimum atomic E-state index is 0.309. The molecule has 0 aromatic rings. The molecule has 0 nitrogen and oxygen atoms in total. The minimum Gasteiger partial charge on any atom is -0.103 e. The molecule has 2 rings (SSSR count). The third-order valence-corrected chi connectivity index (χ3v) is 6.08. The van der Waals surface area contributed by atoms with Crippen LogP contribution in [0.25, 0.3) is 0 Å². The Labute approximate surface area is 150 Å². The smallest absolute Gasteiger partial charge is 0.00912 e. The number of hydrogen-bond donors (Lipinski definition) is 0. The zero-order chi connectivity index (χ0) is 17.4. The van der Waals surface area contributed by atoms with Gasteiger partial charge in [-0.2, -0.15) is 0 Å². The second-order valence-electron chi connectivity index (χ2n) is 7.87. The van der Waals surface area contributed by atoms with Crippen molar-refractivity contribution in [2.75, 3.05) is 0 Å². The molecule has 0 saturated heterocycles. The molecule has 0 radical (unpaired) electrons. The van der Waals surface area contributed by atoms with Crippen LogP contribution in [0.2, 0.25) is 0 Å². The van der Waals surface area contributed by atoms with Gasteiger partial charge in [-0.1, -0.05) is 54.9 Å². The van der Waals surface area contributed by atoms with Crippen molar-refractivity contribution in [3.63, 3.8) is 0 Å². The van der Waals surface area contributed by atoms with Gasteiger partial charge in [0.05, 0.1) is 0 Å². The van der Waals surface area contributed by atoms with Crippen molar-refractivity contribution in [3.05, 3.63) is 61.3 Å². The van der Waals surface area contributed by atoms with Crippen LogP contribution in [0.5, 0.6) is 0 Å². The first-order valence-corrected chi connectivity index (χ1v) is 9.89. The summed E-state index contributed by atoms with van der Waals surface area (Å²) in [6, 6.07) is 0. The van der Waals surface area contributed by atoms with Crippen LogP contribution in [-0.2, 0) is 0 Å². The van der Waals surface area contributed by atoms with Gasteiger partial charge < -0.3 is 0 Å². The Morgan fingerprint density at radius 3 is 2.38 bits per heavy atom. The van der Waals surface area contributed by atoms with Crippen LogP contribution in [0.1, 0.15) is 71.1 Å². The molecule has 3 unspecified atom stereocenters. The summed E-state index contributed by atoms with van der Waals surface area (Å²) in [4.78, 5) is 0. The molecular formula is C24H36. The van der Waals surface area contributed by atoms with Gasteiger partial charge in [-0.3, -0.25) is 0 Å². The normalized spacial score (nSPS) is 30.0. The lowest BCUT2D eigenvalue weighted by Gasteiger charge is -2.43. The van der Waals surface area contributed by atoms with Crippen LogP contribution >= 0.6 is 0 Å². The molecule has 24 heavy (non-hydrogen) atoms. The summed E-state index contributed by atoms with van der Waals surface area (Å²) in [5, 5.41) is 0. The summed E-state index contributed by atoms with van der Waals surface area (Å²) in [7, 11) is 0. The van der Waals surface area contributed by atoms with Crippen LogP contribution in [0.15, 0.2) is 61.3 Å². The van der Waals surface area contributed by atoms with E-state index in [1.54, 1.807) is 11.1 Å². The molecule has 2 saturated carbocycles. The van der Waals surface area contributed by atoms with Crippen LogP contribution in [-0.4, -0.2) is 0 Å². The number of unbranched alkanes of at least 4 members (excludes halogenated alkanes) is 2. The SMILES string of the molecule is C=CCCCCC1(C=C)CCC1=CCC(CC=C)CC=C1CC1C. The Kier molecular flexibility index (Phi) is 7.34. The van der Waals surface area contributed by atoms with E-state index in [1.165, 1.54) is 51.4 Å². The minimum absolute atomic E-state index is 0.309. The molecule has 0 aromatic heterocycles. The lowest BCUT2D eigenvalue weighted by molar-refractivity contribution is 0.284. The van der Waals surface area contributed by atoms with Crippen molar-refractivity contribution >= 4 is 0 Å². The predicted octanol–water partition coefficient (Wildman–Crippen LogP) is 7.56. The largest absolute Gasteiger partial charge is 0.103 e. The lowest BCUT2D eigenvalue weighted by Crippen LogP contribution is -2.30. The summed E-state index contributed by atoms with van der Waals surface area (Å²) in [5.74, 6) is 1.57. The Hall–Kier alpha value is -1.30. The van der Waals surface area contributed by atoms with Crippen LogP contribution in [0.4, 0.5) is 0 Å². The lowest BCUT2D eigenvalue weighted by atomic mass is 9.61. The molecule has 2 aliphatic rings. The van der Waals surface area contributed by atoms with E-state index in [9.17, 15) is 0 Å². The van der Waals surface area contributed by atoms with Crippen LogP contribution in [0.3, 0.4) is 0 Å². The third-order valence-electron chi connectivity index (χ3n) is 6.08. The average molecular weight is 325 g/mol. The maximum absolute atomic E-state index is 4.16. The first kappa shape index (κ1) is 19.0. The second kappa shape index (κ2) is 9.25. The van der Waals surface area contributed by atoms with Gasteiger partial charge in [0, 0.05) is 5.41 Å². The maximum Gasteiger partial charge on any atom is 0.00912 e. The van der Waals surface area contributed by atoms with Crippen LogP contribution < -0.4 is 0 Å². The average Bonchev–Trinajstić information content (AvgIpc) is 3.27. The van der Waals surface area contributed by atoms with E-state index in [0.29, 0.717) is 5.41 Å². The summed E-state index contributed by atoms with van der Waals surface area (Å²) < 4.78 is 0. The molecule has 0 amide bonds. The van der Waals surface area contributed by atoms with E-state index in [0.717, 1.165) is 24.7 Å². The van der Waals surface area contributed by atoms with Crippen molar-refractivity contribution in [2.24, 2.45) is 17.3 Å². The topological polar surface area (TPSA) is 0 Å².